The highest BCUT2D eigenvalue weighted by Gasteiger charge is 2.21. The van der Waals surface area contributed by atoms with Crippen LogP contribution in [0.5, 0.6) is 0 Å². The van der Waals surface area contributed by atoms with Crippen molar-refractivity contribution in [2.45, 2.75) is 31.8 Å². The van der Waals surface area contributed by atoms with Crippen LogP contribution in [0.4, 0.5) is 10.9 Å². The first kappa shape index (κ1) is 13.9. The molecule has 1 aliphatic carbocycles. The van der Waals surface area contributed by atoms with Crippen molar-refractivity contribution in [2.75, 3.05) is 17.6 Å². The number of anilines is 2. The minimum absolute atomic E-state index is 0.174. The Morgan fingerprint density at radius 3 is 3.05 bits per heavy atom. The molecule has 21 heavy (non-hydrogen) atoms. The molecule has 0 radical (unpaired) electrons. The number of nitrogens with zero attached hydrogens (tertiary/aromatic N) is 3. The summed E-state index contributed by atoms with van der Waals surface area (Å²) in [6.07, 6.45) is 8.85. The maximum absolute atomic E-state index is 12.1. The first-order chi connectivity index (χ1) is 10.2. The molecule has 1 saturated carbocycles. The number of carbonyl (C=O) groups is 1. The van der Waals surface area contributed by atoms with Crippen molar-refractivity contribution in [3.8, 4) is 0 Å². The van der Waals surface area contributed by atoms with Gasteiger partial charge in [0, 0.05) is 31.5 Å². The quantitative estimate of drug-likeness (QED) is 0.747. The van der Waals surface area contributed by atoms with Crippen molar-refractivity contribution < 1.29 is 4.79 Å². The predicted octanol–water partition coefficient (Wildman–Crippen LogP) is 1.32. The number of hydrogen-bond acceptors (Lipinski definition) is 6. The SMILES string of the molecule is Nc1nc(NC2CCC2)sc1C(=O)NCCn1ccnc1. The molecule has 0 atom stereocenters. The number of amides is 1. The van der Waals surface area contributed by atoms with Gasteiger partial charge in [-0.05, 0) is 19.3 Å². The van der Waals surface area contributed by atoms with Gasteiger partial charge in [-0.1, -0.05) is 11.3 Å². The highest BCUT2D eigenvalue weighted by atomic mass is 32.1. The molecule has 0 bridgehead atoms. The Morgan fingerprint density at radius 2 is 2.38 bits per heavy atom. The lowest BCUT2D eigenvalue weighted by Crippen LogP contribution is -2.27. The maximum Gasteiger partial charge on any atom is 0.265 e. The smallest absolute Gasteiger partial charge is 0.265 e. The molecule has 0 aliphatic heterocycles. The van der Waals surface area contributed by atoms with Gasteiger partial charge in [0.1, 0.15) is 10.7 Å². The summed E-state index contributed by atoms with van der Waals surface area (Å²) in [4.78, 5) is 20.7. The number of imidazole rings is 1. The van der Waals surface area contributed by atoms with E-state index < -0.39 is 0 Å². The third kappa shape index (κ3) is 3.33. The van der Waals surface area contributed by atoms with E-state index in [1.54, 1.807) is 12.5 Å². The Hall–Kier alpha value is -2.09. The molecule has 3 rings (SSSR count). The lowest BCUT2D eigenvalue weighted by molar-refractivity contribution is 0.0957. The van der Waals surface area contributed by atoms with Crippen LogP contribution in [0, 0.1) is 0 Å². The van der Waals surface area contributed by atoms with Crippen molar-refractivity contribution in [2.24, 2.45) is 0 Å². The van der Waals surface area contributed by atoms with E-state index in [4.69, 9.17) is 5.73 Å². The van der Waals surface area contributed by atoms with Gasteiger partial charge in [-0.3, -0.25) is 4.79 Å². The number of nitrogens with two attached hydrogens (primary N) is 1. The van der Waals surface area contributed by atoms with Crippen molar-refractivity contribution in [3.05, 3.63) is 23.6 Å². The van der Waals surface area contributed by atoms with Crippen LogP contribution in [-0.4, -0.2) is 33.0 Å². The summed E-state index contributed by atoms with van der Waals surface area (Å²) in [6.45, 7) is 1.20. The molecule has 1 amide bonds. The van der Waals surface area contributed by atoms with E-state index >= 15 is 0 Å². The van der Waals surface area contributed by atoms with Crippen molar-refractivity contribution >= 4 is 28.2 Å². The number of carbonyl (C=O) groups excluding carboxylic acids is 1. The fraction of sp³-hybridized carbons (Fsp3) is 0.462. The van der Waals surface area contributed by atoms with E-state index in [-0.39, 0.29) is 5.91 Å². The summed E-state index contributed by atoms with van der Waals surface area (Å²) >= 11 is 1.31. The molecule has 0 saturated heterocycles. The molecule has 112 valence electrons. The number of rotatable bonds is 6. The standard InChI is InChI=1S/C13H18N6OS/c14-11-10(21-13(18-11)17-9-2-1-3-9)12(20)16-5-7-19-6-4-15-8-19/h4,6,8-9H,1-3,5,7,14H2,(H,16,20)(H,17,18). The molecule has 8 heteroatoms. The van der Waals surface area contributed by atoms with E-state index in [1.165, 1.54) is 17.8 Å². The molecule has 0 unspecified atom stereocenters. The monoisotopic (exact) mass is 306 g/mol. The van der Waals surface area contributed by atoms with Gasteiger partial charge >= 0.3 is 0 Å². The second-order valence-electron chi connectivity index (χ2n) is 5.06. The molecule has 2 aromatic rings. The van der Waals surface area contributed by atoms with Gasteiger partial charge in [-0.25, -0.2) is 9.97 Å². The van der Waals surface area contributed by atoms with Crippen LogP contribution in [0.2, 0.25) is 0 Å². The van der Waals surface area contributed by atoms with Crippen LogP contribution in [-0.2, 0) is 6.54 Å². The highest BCUT2D eigenvalue weighted by Crippen LogP contribution is 2.29. The Bertz CT molecular complexity index is 604. The minimum atomic E-state index is -0.174. The molecule has 7 nitrogen and oxygen atoms in total. The molecule has 0 aromatic carbocycles. The molecule has 2 aromatic heterocycles. The zero-order chi connectivity index (χ0) is 14.7. The average Bonchev–Trinajstić information content (AvgIpc) is 3.03. The summed E-state index contributed by atoms with van der Waals surface area (Å²) in [5, 5.41) is 6.89. The van der Waals surface area contributed by atoms with Gasteiger partial charge in [0.15, 0.2) is 5.13 Å². The van der Waals surface area contributed by atoms with Crippen LogP contribution in [0.25, 0.3) is 0 Å². The predicted molar refractivity (Wildman–Crippen MR) is 82.3 cm³/mol. The fourth-order valence-corrected chi connectivity index (χ4v) is 2.96. The fourth-order valence-electron chi connectivity index (χ4n) is 2.08. The molecular weight excluding hydrogens is 288 g/mol. The number of aromatic nitrogens is 3. The lowest BCUT2D eigenvalue weighted by Gasteiger charge is -2.25. The molecule has 0 spiro atoms. The van der Waals surface area contributed by atoms with Crippen molar-refractivity contribution in [1.82, 2.24) is 19.9 Å². The van der Waals surface area contributed by atoms with Gasteiger partial charge in [-0.2, -0.15) is 0 Å². The van der Waals surface area contributed by atoms with Gasteiger partial charge in [0.2, 0.25) is 0 Å². The molecular formula is C13H18N6OS. The second kappa shape index (κ2) is 6.13. The molecule has 2 heterocycles. The van der Waals surface area contributed by atoms with Gasteiger partial charge < -0.3 is 20.9 Å². The molecule has 4 N–H and O–H groups in total. The summed E-state index contributed by atoms with van der Waals surface area (Å²) in [5.41, 5.74) is 5.83. The first-order valence-electron chi connectivity index (χ1n) is 6.99. The zero-order valence-electron chi connectivity index (χ0n) is 11.6. The van der Waals surface area contributed by atoms with Crippen LogP contribution in [0.15, 0.2) is 18.7 Å². The van der Waals surface area contributed by atoms with Crippen LogP contribution < -0.4 is 16.4 Å². The lowest BCUT2D eigenvalue weighted by atomic mass is 9.93. The summed E-state index contributed by atoms with van der Waals surface area (Å²) in [7, 11) is 0. The Balaban J connectivity index is 1.53. The number of nitrogens with one attached hydrogen (secondary N) is 2. The summed E-state index contributed by atoms with van der Waals surface area (Å²) < 4.78 is 1.90. The van der Waals surface area contributed by atoms with Crippen molar-refractivity contribution in [1.29, 1.82) is 0 Å². The average molecular weight is 306 g/mol. The number of nitrogen functional groups attached to an aromatic ring is 1. The van der Waals surface area contributed by atoms with Crippen LogP contribution >= 0.6 is 11.3 Å². The van der Waals surface area contributed by atoms with Gasteiger partial charge in [0.05, 0.1) is 6.33 Å². The van der Waals surface area contributed by atoms with Gasteiger partial charge in [-0.15, -0.1) is 0 Å². The highest BCUT2D eigenvalue weighted by molar-refractivity contribution is 7.18. The van der Waals surface area contributed by atoms with Crippen LogP contribution in [0.1, 0.15) is 28.9 Å². The largest absolute Gasteiger partial charge is 0.382 e. The molecule has 1 aliphatic rings. The number of thiazole rings is 1. The van der Waals surface area contributed by atoms with E-state index in [2.05, 4.69) is 20.6 Å². The summed E-state index contributed by atoms with van der Waals surface area (Å²) in [6, 6.07) is 0.479. The Kier molecular flexibility index (Phi) is 4.05. The zero-order valence-corrected chi connectivity index (χ0v) is 12.4. The van der Waals surface area contributed by atoms with Gasteiger partial charge in [0.25, 0.3) is 5.91 Å². The summed E-state index contributed by atoms with van der Waals surface area (Å²) in [5.74, 6) is 0.119. The molecule has 1 fully saturated rings. The van der Waals surface area contributed by atoms with E-state index in [0.717, 1.165) is 18.0 Å². The normalized spacial score (nSPS) is 14.7. The van der Waals surface area contributed by atoms with Crippen LogP contribution in [0.3, 0.4) is 0 Å². The first-order valence-corrected chi connectivity index (χ1v) is 7.81. The van der Waals surface area contributed by atoms with E-state index in [0.29, 0.717) is 29.8 Å². The van der Waals surface area contributed by atoms with E-state index in [1.807, 2.05) is 10.8 Å². The third-order valence-electron chi connectivity index (χ3n) is 3.51. The second-order valence-corrected chi connectivity index (χ2v) is 6.06. The third-order valence-corrected chi connectivity index (χ3v) is 4.51. The topological polar surface area (TPSA) is 97.9 Å². The Morgan fingerprint density at radius 1 is 1.52 bits per heavy atom. The minimum Gasteiger partial charge on any atom is -0.382 e. The Labute approximate surface area is 126 Å². The van der Waals surface area contributed by atoms with E-state index in [9.17, 15) is 4.79 Å². The van der Waals surface area contributed by atoms with Crippen molar-refractivity contribution in [3.63, 3.8) is 0 Å². The maximum atomic E-state index is 12.1. The number of hydrogen-bond donors (Lipinski definition) is 3.